The Morgan fingerprint density at radius 2 is 2.17 bits per heavy atom. The zero-order chi connectivity index (χ0) is 8.97. The van der Waals surface area contributed by atoms with Crippen molar-refractivity contribution in [3.63, 3.8) is 0 Å². The van der Waals surface area contributed by atoms with Gasteiger partial charge in [-0.15, -0.1) is 0 Å². The minimum atomic E-state index is 0.496. The molecule has 1 rings (SSSR count). The number of allylic oxidation sites excluding steroid dienone is 1. The molecular formula is C10H8ClN. The maximum atomic E-state index is 8.38. The van der Waals surface area contributed by atoms with Crippen molar-refractivity contribution in [2.24, 2.45) is 0 Å². The third kappa shape index (κ3) is 1.87. The Bertz CT molecular complexity index is 347. The van der Waals surface area contributed by atoms with Gasteiger partial charge in [0.05, 0.1) is 11.1 Å². The summed E-state index contributed by atoms with van der Waals surface area (Å²) < 4.78 is 0. The van der Waals surface area contributed by atoms with E-state index in [2.05, 4.69) is 0 Å². The van der Waals surface area contributed by atoms with Gasteiger partial charge in [0, 0.05) is 6.08 Å². The lowest BCUT2D eigenvalue weighted by Crippen LogP contribution is -1.81. The molecule has 1 nitrogen and oxygen atoms in total. The maximum absolute atomic E-state index is 8.38. The molecular weight excluding hydrogens is 170 g/mol. The Kier molecular flexibility index (Phi) is 2.90. The van der Waals surface area contributed by atoms with Crippen LogP contribution in [0.2, 0.25) is 0 Å². The van der Waals surface area contributed by atoms with Crippen molar-refractivity contribution in [3.05, 3.63) is 41.5 Å². The highest BCUT2D eigenvalue weighted by atomic mass is 35.5. The molecule has 0 radical (unpaired) electrons. The molecule has 1 aromatic rings. The second kappa shape index (κ2) is 3.94. The van der Waals surface area contributed by atoms with E-state index in [1.54, 1.807) is 0 Å². The van der Waals surface area contributed by atoms with Crippen LogP contribution in [0.5, 0.6) is 0 Å². The van der Waals surface area contributed by atoms with Gasteiger partial charge in [0.2, 0.25) is 0 Å². The number of halogens is 1. The normalized spacial score (nSPS) is 10.9. The predicted octanol–water partition coefficient (Wildman–Crippen LogP) is 3.10. The first-order valence-electron chi connectivity index (χ1n) is 3.57. The van der Waals surface area contributed by atoms with Gasteiger partial charge in [-0.3, -0.25) is 0 Å². The smallest absolute Gasteiger partial charge is 0.0927 e. The highest BCUT2D eigenvalue weighted by Crippen LogP contribution is 2.21. The van der Waals surface area contributed by atoms with Crippen molar-refractivity contribution in [1.82, 2.24) is 0 Å². The van der Waals surface area contributed by atoms with Crippen LogP contribution in [0.3, 0.4) is 0 Å². The molecule has 0 N–H and O–H groups in total. The van der Waals surface area contributed by atoms with Gasteiger partial charge in [-0.25, -0.2) is 0 Å². The molecule has 12 heavy (non-hydrogen) atoms. The minimum Gasteiger partial charge on any atom is -0.193 e. The lowest BCUT2D eigenvalue weighted by molar-refractivity contribution is 1.44. The van der Waals surface area contributed by atoms with Crippen LogP contribution in [0.25, 0.3) is 5.03 Å². The first kappa shape index (κ1) is 8.83. The van der Waals surface area contributed by atoms with E-state index in [0.29, 0.717) is 5.03 Å². The van der Waals surface area contributed by atoms with Crippen LogP contribution in [-0.4, -0.2) is 0 Å². The summed E-state index contributed by atoms with van der Waals surface area (Å²) in [5.74, 6) is 0. The summed E-state index contributed by atoms with van der Waals surface area (Å²) >= 11 is 5.85. The molecule has 0 aliphatic rings. The second-order valence-electron chi connectivity index (χ2n) is 2.44. The number of hydrogen-bond donors (Lipinski definition) is 0. The van der Waals surface area contributed by atoms with E-state index in [4.69, 9.17) is 16.9 Å². The first-order chi connectivity index (χ1) is 5.75. The fourth-order valence-corrected chi connectivity index (χ4v) is 1.24. The Morgan fingerprint density at radius 1 is 1.50 bits per heavy atom. The molecule has 0 aromatic heterocycles. The standard InChI is InChI=1S/C10H8ClN/c1-8-4-2-3-5-9(8)10(11)6-7-12/h2-6H,1H3/b10-6-. The van der Waals surface area contributed by atoms with E-state index < -0.39 is 0 Å². The number of nitrogens with zero attached hydrogens (tertiary/aromatic N) is 1. The van der Waals surface area contributed by atoms with E-state index in [1.165, 1.54) is 6.08 Å². The van der Waals surface area contributed by atoms with E-state index in [9.17, 15) is 0 Å². The summed E-state index contributed by atoms with van der Waals surface area (Å²) in [4.78, 5) is 0. The third-order valence-electron chi connectivity index (χ3n) is 1.59. The SMILES string of the molecule is Cc1ccccc1/C(Cl)=C/C#N. The van der Waals surface area contributed by atoms with Gasteiger partial charge in [-0.1, -0.05) is 35.9 Å². The molecule has 0 heterocycles. The van der Waals surface area contributed by atoms with Gasteiger partial charge >= 0.3 is 0 Å². The van der Waals surface area contributed by atoms with Crippen molar-refractivity contribution >= 4 is 16.6 Å². The van der Waals surface area contributed by atoms with E-state index in [0.717, 1.165) is 11.1 Å². The Morgan fingerprint density at radius 3 is 2.75 bits per heavy atom. The minimum absolute atomic E-state index is 0.496. The fourth-order valence-electron chi connectivity index (χ4n) is 0.975. The Hall–Kier alpha value is -1.26. The molecule has 1 aromatic carbocycles. The van der Waals surface area contributed by atoms with Gasteiger partial charge in [0.25, 0.3) is 0 Å². The van der Waals surface area contributed by atoms with Crippen molar-refractivity contribution in [2.45, 2.75) is 6.92 Å². The number of nitriles is 1. The quantitative estimate of drug-likeness (QED) is 0.605. The van der Waals surface area contributed by atoms with Crippen LogP contribution in [0.15, 0.2) is 30.3 Å². The van der Waals surface area contributed by atoms with Crippen LogP contribution in [0.1, 0.15) is 11.1 Å². The molecule has 0 fully saturated rings. The summed E-state index contributed by atoms with van der Waals surface area (Å²) in [6.45, 7) is 1.96. The molecule has 0 aliphatic carbocycles. The molecule has 0 spiro atoms. The van der Waals surface area contributed by atoms with Crippen LogP contribution in [-0.2, 0) is 0 Å². The van der Waals surface area contributed by atoms with Crippen LogP contribution < -0.4 is 0 Å². The fraction of sp³-hybridized carbons (Fsp3) is 0.100. The van der Waals surface area contributed by atoms with Crippen molar-refractivity contribution < 1.29 is 0 Å². The Balaban J connectivity index is 3.13. The summed E-state index contributed by atoms with van der Waals surface area (Å²) in [5.41, 5.74) is 2.00. The van der Waals surface area contributed by atoms with Gasteiger partial charge in [-0.05, 0) is 18.1 Å². The summed E-state index contributed by atoms with van der Waals surface area (Å²) in [6.07, 6.45) is 1.34. The molecule has 60 valence electrons. The first-order valence-corrected chi connectivity index (χ1v) is 3.95. The number of benzene rings is 1. The largest absolute Gasteiger partial charge is 0.193 e. The van der Waals surface area contributed by atoms with Crippen LogP contribution in [0.4, 0.5) is 0 Å². The molecule has 0 amide bonds. The van der Waals surface area contributed by atoms with Gasteiger partial charge in [-0.2, -0.15) is 5.26 Å². The summed E-state index contributed by atoms with van der Waals surface area (Å²) in [6, 6.07) is 9.59. The van der Waals surface area contributed by atoms with E-state index >= 15 is 0 Å². The van der Waals surface area contributed by atoms with Crippen molar-refractivity contribution in [2.75, 3.05) is 0 Å². The van der Waals surface area contributed by atoms with E-state index in [-0.39, 0.29) is 0 Å². The number of rotatable bonds is 1. The number of aryl methyl sites for hydroxylation is 1. The average molecular weight is 178 g/mol. The second-order valence-corrected chi connectivity index (χ2v) is 2.84. The van der Waals surface area contributed by atoms with Crippen molar-refractivity contribution in [3.8, 4) is 6.07 Å². The summed E-state index contributed by atoms with van der Waals surface area (Å²) in [7, 11) is 0. The lowest BCUT2D eigenvalue weighted by atomic mass is 10.1. The van der Waals surface area contributed by atoms with Crippen LogP contribution in [0, 0.1) is 18.3 Å². The van der Waals surface area contributed by atoms with Gasteiger partial charge in [0.15, 0.2) is 0 Å². The highest BCUT2D eigenvalue weighted by Gasteiger charge is 1.99. The topological polar surface area (TPSA) is 23.8 Å². The Labute approximate surface area is 76.9 Å². The van der Waals surface area contributed by atoms with Gasteiger partial charge < -0.3 is 0 Å². The molecule has 0 atom stereocenters. The number of hydrogen-bond acceptors (Lipinski definition) is 1. The zero-order valence-corrected chi connectivity index (χ0v) is 7.47. The monoisotopic (exact) mass is 177 g/mol. The van der Waals surface area contributed by atoms with Crippen molar-refractivity contribution in [1.29, 1.82) is 5.26 Å². The van der Waals surface area contributed by atoms with Gasteiger partial charge in [0.1, 0.15) is 0 Å². The average Bonchev–Trinajstić information content (AvgIpc) is 2.05. The molecule has 0 unspecified atom stereocenters. The summed E-state index contributed by atoms with van der Waals surface area (Å²) in [5, 5.41) is 8.87. The molecule has 0 saturated carbocycles. The molecule has 0 bridgehead atoms. The molecule has 0 aliphatic heterocycles. The highest BCUT2D eigenvalue weighted by molar-refractivity contribution is 6.49. The zero-order valence-electron chi connectivity index (χ0n) is 6.71. The molecule has 0 saturated heterocycles. The van der Waals surface area contributed by atoms with E-state index in [1.807, 2.05) is 37.3 Å². The molecule has 2 heteroatoms. The van der Waals surface area contributed by atoms with Crippen LogP contribution >= 0.6 is 11.6 Å². The third-order valence-corrected chi connectivity index (χ3v) is 1.91. The maximum Gasteiger partial charge on any atom is 0.0927 e. The lowest BCUT2D eigenvalue weighted by Gasteiger charge is -2.00. The predicted molar refractivity (Wildman–Crippen MR) is 50.6 cm³/mol.